The fraction of sp³-hybridized carbons (Fsp3) is 0.926. The Labute approximate surface area is 176 Å². The van der Waals surface area contributed by atoms with Crippen molar-refractivity contribution in [3.63, 3.8) is 0 Å². The molecule has 28 heavy (non-hydrogen) atoms. The van der Waals surface area contributed by atoms with Gasteiger partial charge in [-0.05, 0) is 98.2 Å². The van der Waals surface area contributed by atoms with Crippen LogP contribution in [0.3, 0.4) is 0 Å². The largest absolute Gasteiger partial charge is 0.389 e. The molecule has 1 spiro atoms. The molecular formula is C27H50O. The maximum Gasteiger partial charge on any atom is 0.0724 e. The van der Waals surface area contributed by atoms with Gasteiger partial charge < -0.3 is 5.11 Å². The van der Waals surface area contributed by atoms with Crippen LogP contribution < -0.4 is 0 Å². The lowest BCUT2D eigenvalue weighted by atomic mass is 9.53. The van der Waals surface area contributed by atoms with E-state index in [9.17, 15) is 5.11 Å². The fourth-order valence-corrected chi connectivity index (χ4v) is 8.05. The smallest absolute Gasteiger partial charge is 0.0724 e. The molecule has 0 saturated heterocycles. The second kappa shape index (κ2) is 9.23. The monoisotopic (exact) mass is 390 g/mol. The highest BCUT2D eigenvalue weighted by atomic mass is 16.3. The minimum atomic E-state index is -0.159. The molecule has 1 N–H and O–H groups in total. The van der Waals surface area contributed by atoms with Crippen molar-refractivity contribution in [1.29, 1.82) is 0 Å². The lowest BCUT2D eigenvalue weighted by Gasteiger charge is -2.51. The van der Waals surface area contributed by atoms with Crippen LogP contribution in [-0.2, 0) is 0 Å². The molecule has 0 aliphatic heterocycles. The number of hydrogen-bond donors (Lipinski definition) is 1. The topological polar surface area (TPSA) is 20.2 Å². The van der Waals surface area contributed by atoms with Gasteiger partial charge in [0.1, 0.15) is 0 Å². The van der Waals surface area contributed by atoms with Crippen molar-refractivity contribution in [2.45, 2.75) is 126 Å². The van der Waals surface area contributed by atoms with Crippen LogP contribution in [0, 0.1) is 34.0 Å². The summed E-state index contributed by atoms with van der Waals surface area (Å²) in [7, 11) is 0. The average molecular weight is 391 g/mol. The second-order valence-electron chi connectivity index (χ2n) is 9.96. The van der Waals surface area contributed by atoms with E-state index in [2.05, 4.69) is 19.9 Å². The van der Waals surface area contributed by atoms with Crippen LogP contribution in [0.2, 0.25) is 0 Å². The summed E-state index contributed by atoms with van der Waals surface area (Å²) in [6.07, 6.45) is 16.0. The predicted octanol–water partition coefficient (Wildman–Crippen LogP) is 8.17. The summed E-state index contributed by atoms with van der Waals surface area (Å²) in [6.45, 7) is 17.2. The van der Waals surface area contributed by atoms with E-state index in [-0.39, 0.29) is 6.10 Å². The van der Waals surface area contributed by atoms with Gasteiger partial charge in [-0.3, -0.25) is 0 Å². The van der Waals surface area contributed by atoms with Crippen molar-refractivity contribution in [1.82, 2.24) is 0 Å². The van der Waals surface area contributed by atoms with E-state index in [0.29, 0.717) is 5.41 Å². The summed E-state index contributed by atoms with van der Waals surface area (Å²) >= 11 is 0. The summed E-state index contributed by atoms with van der Waals surface area (Å²) in [5, 5.41) is 10.1. The van der Waals surface area contributed by atoms with Gasteiger partial charge in [0.15, 0.2) is 0 Å². The van der Waals surface area contributed by atoms with Gasteiger partial charge in [-0.1, -0.05) is 67.0 Å². The normalized spacial score (nSPS) is 47.4. The van der Waals surface area contributed by atoms with Crippen LogP contribution in [0.15, 0.2) is 11.6 Å². The molecule has 0 bridgehead atoms. The first-order chi connectivity index (χ1) is 13.5. The van der Waals surface area contributed by atoms with Crippen LogP contribution in [0.1, 0.15) is 120 Å². The van der Waals surface area contributed by atoms with Crippen molar-refractivity contribution in [2.75, 3.05) is 0 Å². The Morgan fingerprint density at radius 2 is 1.46 bits per heavy atom. The Morgan fingerprint density at radius 1 is 0.821 bits per heavy atom. The van der Waals surface area contributed by atoms with Gasteiger partial charge in [-0.25, -0.2) is 0 Å². The number of aliphatic hydroxyl groups is 1. The molecule has 164 valence electrons. The Bertz CT molecular complexity index is 536. The van der Waals surface area contributed by atoms with Crippen LogP contribution in [-0.4, -0.2) is 11.2 Å². The molecule has 0 radical (unpaired) electrons. The molecule has 1 heteroatoms. The zero-order chi connectivity index (χ0) is 21.2. The summed E-state index contributed by atoms with van der Waals surface area (Å²) in [5.41, 5.74) is 3.55. The van der Waals surface area contributed by atoms with Crippen LogP contribution >= 0.6 is 0 Å². The highest BCUT2D eigenvalue weighted by Gasteiger charge is 2.73. The highest BCUT2D eigenvalue weighted by Crippen LogP contribution is 2.82. The van der Waals surface area contributed by atoms with E-state index in [1.165, 1.54) is 51.4 Å². The van der Waals surface area contributed by atoms with Gasteiger partial charge in [0.05, 0.1) is 6.10 Å². The van der Waals surface area contributed by atoms with Crippen LogP contribution in [0.5, 0.6) is 0 Å². The molecule has 0 aromatic heterocycles. The van der Waals surface area contributed by atoms with Gasteiger partial charge in [0, 0.05) is 0 Å². The third kappa shape index (κ3) is 3.52. The van der Waals surface area contributed by atoms with Crippen LogP contribution in [0.4, 0.5) is 0 Å². The summed E-state index contributed by atoms with van der Waals surface area (Å²) in [6, 6.07) is 0. The Balaban J connectivity index is 0.000000430. The lowest BCUT2D eigenvalue weighted by Crippen LogP contribution is -2.44. The lowest BCUT2D eigenvalue weighted by molar-refractivity contribution is 0.00379. The van der Waals surface area contributed by atoms with Crippen LogP contribution in [0.25, 0.3) is 0 Å². The van der Waals surface area contributed by atoms with Crippen molar-refractivity contribution >= 4 is 0 Å². The first-order valence-electron chi connectivity index (χ1n) is 12.9. The molecule has 0 amide bonds. The molecule has 7 atom stereocenters. The van der Waals surface area contributed by atoms with E-state index in [4.69, 9.17) is 0 Å². The quantitative estimate of drug-likeness (QED) is 0.413. The minimum Gasteiger partial charge on any atom is -0.389 e. The zero-order valence-corrected chi connectivity index (χ0v) is 20.4. The minimum absolute atomic E-state index is 0.159. The average Bonchev–Trinajstić information content (AvgIpc) is 3.26. The first kappa shape index (κ1) is 24.0. The number of hydrogen-bond acceptors (Lipinski definition) is 1. The maximum absolute atomic E-state index is 10.1. The molecule has 3 unspecified atom stereocenters. The Morgan fingerprint density at radius 3 is 2.11 bits per heavy atom. The van der Waals surface area contributed by atoms with E-state index in [0.717, 1.165) is 35.0 Å². The number of rotatable bonds is 0. The van der Waals surface area contributed by atoms with Gasteiger partial charge in [-0.15, -0.1) is 0 Å². The van der Waals surface area contributed by atoms with E-state index < -0.39 is 0 Å². The molecule has 5 aliphatic carbocycles. The zero-order valence-electron chi connectivity index (χ0n) is 20.4. The van der Waals surface area contributed by atoms with Gasteiger partial charge in [-0.2, -0.15) is 0 Å². The summed E-state index contributed by atoms with van der Waals surface area (Å²) in [4.78, 5) is 0. The molecule has 4 fully saturated rings. The van der Waals surface area contributed by atoms with Crippen molar-refractivity contribution in [2.24, 2.45) is 34.0 Å². The maximum atomic E-state index is 10.1. The standard InChI is InChI=1S/C21H32O.3C2H6/c1-19-9-7-18-16-5-3-4-14-12-15(22)6-10-20(14,2)17(16)8-11-21(18,19)13-19;3*1-2/h12,15-18,22H,3-11,13H2,1-2H3;3*1-2H3/t15-,16?,17?,18?,19-,20-,21+;;;/m0.../s1. The number of allylic oxidation sites excluding steroid dienone is 1. The molecule has 4 saturated carbocycles. The second-order valence-corrected chi connectivity index (χ2v) is 9.96. The molecule has 0 aromatic carbocycles. The molecule has 5 aliphatic rings. The molecule has 1 nitrogen and oxygen atoms in total. The highest BCUT2D eigenvalue weighted by molar-refractivity contribution is 5.27. The molecular weight excluding hydrogens is 340 g/mol. The van der Waals surface area contributed by atoms with E-state index in [1.54, 1.807) is 12.0 Å². The predicted molar refractivity (Wildman–Crippen MR) is 123 cm³/mol. The molecule has 0 heterocycles. The SMILES string of the molecule is CC.CC.CC.C[C@@]12CCC3C4CCCC5=C[C@@H](O)CC[C@]5(C)C4CC[C@@]31C2. The van der Waals surface area contributed by atoms with E-state index >= 15 is 0 Å². The van der Waals surface area contributed by atoms with Gasteiger partial charge in [0.2, 0.25) is 0 Å². The summed E-state index contributed by atoms with van der Waals surface area (Å²) < 4.78 is 0. The number of fused-ring (bicyclic) bond motifs is 4. The first-order valence-corrected chi connectivity index (χ1v) is 12.9. The van der Waals surface area contributed by atoms with Gasteiger partial charge >= 0.3 is 0 Å². The Hall–Kier alpha value is -0.300. The third-order valence-corrected chi connectivity index (χ3v) is 9.32. The Kier molecular flexibility index (Phi) is 7.91. The summed E-state index contributed by atoms with van der Waals surface area (Å²) in [5.74, 6) is 2.94. The molecule has 5 rings (SSSR count). The third-order valence-electron chi connectivity index (χ3n) is 9.32. The van der Waals surface area contributed by atoms with E-state index in [1.807, 2.05) is 41.5 Å². The molecule has 0 aromatic rings. The number of aliphatic hydroxyl groups excluding tert-OH is 1. The van der Waals surface area contributed by atoms with Crippen molar-refractivity contribution in [3.8, 4) is 0 Å². The van der Waals surface area contributed by atoms with Crippen molar-refractivity contribution < 1.29 is 5.11 Å². The van der Waals surface area contributed by atoms with Gasteiger partial charge in [0.25, 0.3) is 0 Å². The fourth-order valence-electron chi connectivity index (χ4n) is 8.05. The van der Waals surface area contributed by atoms with Crippen molar-refractivity contribution in [3.05, 3.63) is 11.6 Å².